The van der Waals surface area contributed by atoms with Crippen molar-refractivity contribution in [3.63, 3.8) is 0 Å². The number of hydrogen-bond donors (Lipinski definition) is 1. The highest BCUT2D eigenvalue weighted by atomic mass is 16.5. The molecule has 1 fully saturated rings. The normalized spacial score (nSPS) is 21.7. The molecule has 0 atom stereocenters. The first-order chi connectivity index (χ1) is 10.0. The maximum atomic E-state index is 12.2. The van der Waals surface area contributed by atoms with Crippen LogP contribution in [0, 0.1) is 19.8 Å². The van der Waals surface area contributed by atoms with Gasteiger partial charge in [-0.05, 0) is 62.8 Å². The van der Waals surface area contributed by atoms with E-state index in [1.165, 1.54) is 12.7 Å². The summed E-state index contributed by atoms with van der Waals surface area (Å²) in [6.07, 6.45) is 3.22. The largest absolute Gasteiger partial charge is 0.469 e. The molecule has 0 aromatic heterocycles. The lowest BCUT2D eigenvalue weighted by molar-refractivity contribution is -0.146. The van der Waals surface area contributed by atoms with E-state index in [0.29, 0.717) is 5.56 Å². The number of carbonyl (C=O) groups is 2. The highest BCUT2D eigenvalue weighted by Crippen LogP contribution is 2.25. The third-order valence-electron chi connectivity index (χ3n) is 4.37. The molecule has 0 saturated heterocycles. The van der Waals surface area contributed by atoms with Gasteiger partial charge in [0.1, 0.15) is 0 Å². The topological polar surface area (TPSA) is 55.4 Å². The molecule has 1 saturated carbocycles. The van der Waals surface area contributed by atoms with Crippen LogP contribution < -0.4 is 5.32 Å². The quantitative estimate of drug-likeness (QED) is 0.871. The Labute approximate surface area is 125 Å². The van der Waals surface area contributed by atoms with Crippen LogP contribution in [-0.4, -0.2) is 25.0 Å². The van der Waals surface area contributed by atoms with Crippen molar-refractivity contribution in [3.8, 4) is 0 Å². The van der Waals surface area contributed by atoms with Gasteiger partial charge in [0, 0.05) is 11.6 Å². The average molecular weight is 289 g/mol. The van der Waals surface area contributed by atoms with Crippen molar-refractivity contribution >= 4 is 11.9 Å². The fraction of sp³-hybridized carbons (Fsp3) is 0.529. The summed E-state index contributed by atoms with van der Waals surface area (Å²) >= 11 is 0. The molecule has 0 unspecified atom stereocenters. The maximum Gasteiger partial charge on any atom is 0.308 e. The summed E-state index contributed by atoms with van der Waals surface area (Å²) in [5.41, 5.74) is 3.01. The summed E-state index contributed by atoms with van der Waals surface area (Å²) in [7, 11) is 1.43. The number of rotatable bonds is 3. The first-order valence-electron chi connectivity index (χ1n) is 7.47. The summed E-state index contributed by atoms with van der Waals surface area (Å²) in [6.45, 7) is 4.04. The number of nitrogens with one attached hydrogen (secondary N) is 1. The second kappa shape index (κ2) is 6.74. The van der Waals surface area contributed by atoms with Crippen LogP contribution in [-0.2, 0) is 9.53 Å². The average Bonchev–Trinajstić information content (AvgIpc) is 2.50. The van der Waals surface area contributed by atoms with E-state index in [1.54, 1.807) is 0 Å². The number of ether oxygens (including phenoxy) is 1. The Kier molecular flexibility index (Phi) is 4.99. The summed E-state index contributed by atoms with van der Waals surface area (Å²) in [6, 6.07) is 5.90. The molecule has 0 heterocycles. The van der Waals surface area contributed by atoms with Gasteiger partial charge in [0.25, 0.3) is 5.91 Å². The van der Waals surface area contributed by atoms with Crippen molar-refractivity contribution < 1.29 is 14.3 Å². The Morgan fingerprint density at radius 2 is 1.76 bits per heavy atom. The fourth-order valence-corrected chi connectivity index (χ4v) is 2.79. The van der Waals surface area contributed by atoms with E-state index in [1.807, 2.05) is 32.0 Å². The van der Waals surface area contributed by atoms with E-state index < -0.39 is 0 Å². The minimum absolute atomic E-state index is 0.00947. The molecule has 114 valence electrons. The SMILES string of the molecule is COC(=O)C1CCC(NC(=O)c2ccc(C)c(C)c2)CC1. The lowest BCUT2D eigenvalue weighted by Gasteiger charge is -2.27. The van der Waals surface area contributed by atoms with Gasteiger partial charge in [0.15, 0.2) is 0 Å². The number of carbonyl (C=O) groups excluding carboxylic acids is 2. The van der Waals surface area contributed by atoms with Crippen LogP contribution in [0.2, 0.25) is 0 Å². The monoisotopic (exact) mass is 289 g/mol. The van der Waals surface area contributed by atoms with Crippen LogP contribution in [0.5, 0.6) is 0 Å². The zero-order valence-corrected chi connectivity index (χ0v) is 12.9. The Balaban J connectivity index is 1.89. The minimum atomic E-state index is -0.131. The Bertz CT molecular complexity index is 531. The molecular weight excluding hydrogens is 266 g/mol. The second-order valence-corrected chi connectivity index (χ2v) is 5.84. The lowest BCUT2D eigenvalue weighted by Crippen LogP contribution is -2.38. The molecule has 1 aromatic carbocycles. The van der Waals surface area contributed by atoms with E-state index in [9.17, 15) is 9.59 Å². The molecule has 4 nitrogen and oxygen atoms in total. The van der Waals surface area contributed by atoms with Crippen LogP contribution in [0.4, 0.5) is 0 Å². The number of esters is 1. The third kappa shape index (κ3) is 3.84. The van der Waals surface area contributed by atoms with Crippen molar-refractivity contribution in [2.75, 3.05) is 7.11 Å². The first kappa shape index (κ1) is 15.5. The first-order valence-corrected chi connectivity index (χ1v) is 7.47. The number of benzene rings is 1. The van der Waals surface area contributed by atoms with E-state index in [0.717, 1.165) is 31.2 Å². The molecule has 4 heteroatoms. The van der Waals surface area contributed by atoms with Crippen molar-refractivity contribution in [2.45, 2.75) is 45.6 Å². The van der Waals surface area contributed by atoms with Gasteiger partial charge in [-0.25, -0.2) is 0 Å². The molecule has 21 heavy (non-hydrogen) atoms. The maximum absolute atomic E-state index is 12.2. The number of hydrogen-bond acceptors (Lipinski definition) is 3. The molecule has 1 aliphatic rings. The van der Waals surface area contributed by atoms with Gasteiger partial charge in [-0.2, -0.15) is 0 Å². The van der Waals surface area contributed by atoms with Gasteiger partial charge in [-0.3, -0.25) is 9.59 Å². The van der Waals surface area contributed by atoms with Gasteiger partial charge >= 0.3 is 5.97 Å². The molecule has 1 aliphatic carbocycles. The van der Waals surface area contributed by atoms with Gasteiger partial charge in [0.05, 0.1) is 13.0 Å². The predicted molar refractivity (Wildman–Crippen MR) is 81.1 cm³/mol. The summed E-state index contributed by atoms with van der Waals surface area (Å²) in [5, 5.41) is 3.07. The Hall–Kier alpha value is -1.84. The summed E-state index contributed by atoms with van der Waals surface area (Å²) < 4.78 is 4.77. The third-order valence-corrected chi connectivity index (χ3v) is 4.37. The van der Waals surface area contributed by atoms with E-state index in [-0.39, 0.29) is 23.8 Å². The zero-order valence-electron chi connectivity index (χ0n) is 12.9. The Morgan fingerprint density at radius 3 is 2.33 bits per heavy atom. The number of aryl methyl sites for hydroxylation is 2. The van der Waals surface area contributed by atoms with Crippen LogP contribution in [0.1, 0.15) is 47.2 Å². The minimum Gasteiger partial charge on any atom is -0.469 e. The lowest BCUT2D eigenvalue weighted by atomic mass is 9.86. The van der Waals surface area contributed by atoms with Gasteiger partial charge < -0.3 is 10.1 Å². The molecule has 1 N–H and O–H groups in total. The molecule has 2 rings (SSSR count). The number of methoxy groups -OCH3 is 1. The number of amides is 1. The van der Waals surface area contributed by atoms with Crippen molar-refractivity contribution in [2.24, 2.45) is 5.92 Å². The zero-order chi connectivity index (χ0) is 15.4. The van der Waals surface area contributed by atoms with E-state index in [2.05, 4.69) is 5.32 Å². The molecule has 0 radical (unpaired) electrons. The smallest absolute Gasteiger partial charge is 0.308 e. The molecule has 0 bridgehead atoms. The van der Waals surface area contributed by atoms with Crippen molar-refractivity contribution in [1.82, 2.24) is 5.32 Å². The fourth-order valence-electron chi connectivity index (χ4n) is 2.79. The Morgan fingerprint density at radius 1 is 1.10 bits per heavy atom. The van der Waals surface area contributed by atoms with Gasteiger partial charge in [-0.15, -0.1) is 0 Å². The highest BCUT2D eigenvalue weighted by molar-refractivity contribution is 5.94. The second-order valence-electron chi connectivity index (χ2n) is 5.84. The van der Waals surface area contributed by atoms with Gasteiger partial charge in [-0.1, -0.05) is 6.07 Å². The van der Waals surface area contributed by atoms with Crippen molar-refractivity contribution in [3.05, 3.63) is 34.9 Å². The van der Waals surface area contributed by atoms with Crippen LogP contribution in [0.3, 0.4) is 0 Å². The van der Waals surface area contributed by atoms with Crippen LogP contribution >= 0.6 is 0 Å². The highest BCUT2D eigenvalue weighted by Gasteiger charge is 2.27. The van der Waals surface area contributed by atoms with E-state index >= 15 is 0 Å². The van der Waals surface area contributed by atoms with Crippen molar-refractivity contribution in [1.29, 1.82) is 0 Å². The van der Waals surface area contributed by atoms with Crippen LogP contribution in [0.15, 0.2) is 18.2 Å². The molecule has 1 aromatic rings. The molecule has 0 spiro atoms. The summed E-state index contributed by atoms with van der Waals surface area (Å²) in [5.74, 6) is -0.168. The van der Waals surface area contributed by atoms with Gasteiger partial charge in [0.2, 0.25) is 0 Å². The summed E-state index contributed by atoms with van der Waals surface area (Å²) in [4.78, 5) is 23.7. The molecule has 1 amide bonds. The van der Waals surface area contributed by atoms with Crippen LogP contribution in [0.25, 0.3) is 0 Å². The molecular formula is C17H23NO3. The molecule has 0 aliphatic heterocycles. The standard InChI is InChI=1S/C17H23NO3/c1-11-4-5-14(10-12(11)2)16(19)18-15-8-6-13(7-9-15)17(20)21-3/h4-5,10,13,15H,6-9H2,1-3H3,(H,18,19). The van der Waals surface area contributed by atoms with E-state index in [4.69, 9.17) is 4.74 Å². The predicted octanol–water partition coefficient (Wildman–Crippen LogP) is 2.77.